The topological polar surface area (TPSA) is 38.3 Å². The molecule has 0 saturated carbocycles. The van der Waals surface area contributed by atoms with Gasteiger partial charge in [0.05, 0.1) is 6.61 Å². The van der Waals surface area contributed by atoms with E-state index in [0.717, 1.165) is 14.9 Å². The zero-order valence-electron chi connectivity index (χ0n) is 11.4. The van der Waals surface area contributed by atoms with Gasteiger partial charge in [0.15, 0.2) is 0 Å². The molecule has 0 radical (unpaired) electrons. The second-order valence-corrected chi connectivity index (χ2v) is 6.63. The molecular weight excluding hydrogens is 374 g/mol. The summed E-state index contributed by atoms with van der Waals surface area (Å²) in [5.74, 6) is -0.294. The number of esters is 1. The van der Waals surface area contributed by atoms with Crippen LogP contribution in [0.1, 0.15) is 23.4 Å². The van der Waals surface area contributed by atoms with E-state index in [9.17, 15) is 4.79 Å². The molecule has 0 aliphatic rings. The van der Waals surface area contributed by atoms with Gasteiger partial charge in [0, 0.05) is 20.9 Å². The predicted octanol–water partition coefficient (Wildman–Crippen LogP) is 4.56. The van der Waals surface area contributed by atoms with Crippen molar-refractivity contribution < 1.29 is 9.53 Å². The summed E-state index contributed by atoms with van der Waals surface area (Å²) in [6.07, 6.45) is 0. The lowest BCUT2D eigenvalue weighted by atomic mass is 10.1. The summed E-state index contributed by atoms with van der Waals surface area (Å²) in [6.45, 7) is 2.75. The number of carbonyl (C=O) groups is 1. The smallest absolute Gasteiger partial charge is 0.327 e. The summed E-state index contributed by atoms with van der Waals surface area (Å²) in [7, 11) is 0. The number of thiophene rings is 1. The molecule has 6 heteroatoms. The summed E-state index contributed by atoms with van der Waals surface area (Å²) in [5.41, 5.74) is 0.814. The van der Waals surface area contributed by atoms with E-state index in [-0.39, 0.29) is 5.97 Å². The zero-order chi connectivity index (χ0) is 15.2. The van der Waals surface area contributed by atoms with Gasteiger partial charge in [0.1, 0.15) is 6.04 Å². The molecule has 0 aliphatic carbocycles. The van der Waals surface area contributed by atoms with Crippen molar-refractivity contribution >= 4 is 44.8 Å². The number of carbonyl (C=O) groups excluding carboxylic acids is 1. The van der Waals surface area contributed by atoms with Crippen LogP contribution in [0.15, 0.2) is 40.2 Å². The SMILES string of the molecule is CCOC(=O)C(NCc1cccs1)c1ccc(Cl)cc1Br. The highest BCUT2D eigenvalue weighted by atomic mass is 79.9. The van der Waals surface area contributed by atoms with Crippen LogP contribution in [0.5, 0.6) is 0 Å². The van der Waals surface area contributed by atoms with Crippen molar-refractivity contribution in [3.63, 3.8) is 0 Å². The highest BCUT2D eigenvalue weighted by Gasteiger charge is 2.23. The Bertz CT molecular complexity index is 604. The molecule has 21 heavy (non-hydrogen) atoms. The second kappa shape index (κ2) is 7.94. The van der Waals surface area contributed by atoms with Gasteiger partial charge in [-0.25, -0.2) is 4.79 Å². The fourth-order valence-corrected chi connectivity index (χ4v) is 3.46. The summed E-state index contributed by atoms with van der Waals surface area (Å²) in [4.78, 5) is 13.4. The molecule has 2 aromatic rings. The summed E-state index contributed by atoms with van der Waals surface area (Å²) in [5, 5.41) is 5.87. The third kappa shape index (κ3) is 4.54. The van der Waals surface area contributed by atoms with Crippen LogP contribution in [-0.2, 0) is 16.1 Å². The van der Waals surface area contributed by atoms with Gasteiger partial charge in [-0.1, -0.05) is 39.7 Å². The minimum Gasteiger partial charge on any atom is -0.465 e. The molecule has 1 N–H and O–H groups in total. The summed E-state index contributed by atoms with van der Waals surface area (Å²) < 4.78 is 5.95. The van der Waals surface area contributed by atoms with Crippen LogP contribution >= 0.6 is 38.9 Å². The average Bonchev–Trinajstić information content (AvgIpc) is 2.94. The Labute approximate surface area is 141 Å². The standard InChI is InChI=1S/C15H15BrClNO2S/c1-2-20-15(19)14(18-9-11-4-3-7-21-11)12-6-5-10(17)8-13(12)16/h3-8,14,18H,2,9H2,1H3. The van der Waals surface area contributed by atoms with Crippen LogP contribution in [0.25, 0.3) is 0 Å². The normalized spacial score (nSPS) is 12.1. The van der Waals surface area contributed by atoms with Crippen molar-refractivity contribution in [2.75, 3.05) is 6.61 Å². The van der Waals surface area contributed by atoms with Crippen LogP contribution in [0, 0.1) is 0 Å². The molecule has 0 fully saturated rings. The van der Waals surface area contributed by atoms with Gasteiger partial charge in [0.2, 0.25) is 0 Å². The molecule has 2 rings (SSSR count). The first-order chi connectivity index (χ1) is 10.1. The van der Waals surface area contributed by atoms with Crippen molar-refractivity contribution in [3.05, 3.63) is 55.6 Å². The van der Waals surface area contributed by atoms with E-state index in [1.807, 2.05) is 23.6 Å². The lowest BCUT2D eigenvalue weighted by Crippen LogP contribution is -2.30. The number of nitrogens with one attached hydrogen (secondary N) is 1. The molecule has 0 amide bonds. The van der Waals surface area contributed by atoms with Crippen LogP contribution in [0.4, 0.5) is 0 Å². The van der Waals surface area contributed by atoms with Gasteiger partial charge in [-0.2, -0.15) is 0 Å². The number of hydrogen-bond donors (Lipinski definition) is 1. The molecule has 0 aliphatic heterocycles. The number of ether oxygens (including phenoxy) is 1. The molecule has 0 spiro atoms. The Kier molecular flexibility index (Phi) is 6.23. The summed E-state index contributed by atoms with van der Waals surface area (Å²) >= 11 is 11.1. The highest BCUT2D eigenvalue weighted by Crippen LogP contribution is 2.28. The van der Waals surface area contributed by atoms with E-state index in [4.69, 9.17) is 16.3 Å². The lowest BCUT2D eigenvalue weighted by molar-refractivity contribution is -0.145. The van der Waals surface area contributed by atoms with Crippen molar-refractivity contribution in [3.8, 4) is 0 Å². The Balaban J connectivity index is 2.20. The molecule has 0 bridgehead atoms. The first-order valence-corrected chi connectivity index (χ1v) is 8.54. The van der Waals surface area contributed by atoms with E-state index in [0.29, 0.717) is 18.2 Å². The summed E-state index contributed by atoms with van der Waals surface area (Å²) in [6, 6.07) is 8.85. The Hall–Kier alpha value is -0.880. The van der Waals surface area contributed by atoms with Crippen molar-refractivity contribution in [1.82, 2.24) is 5.32 Å². The van der Waals surface area contributed by atoms with Gasteiger partial charge in [0.25, 0.3) is 0 Å². The van der Waals surface area contributed by atoms with Gasteiger partial charge < -0.3 is 4.74 Å². The molecule has 1 heterocycles. The van der Waals surface area contributed by atoms with Crippen LogP contribution in [0.3, 0.4) is 0 Å². The van der Waals surface area contributed by atoms with Crippen molar-refractivity contribution in [2.45, 2.75) is 19.5 Å². The largest absolute Gasteiger partial charge is 0.465 e. The maximum atomic E-state index is 12.2. The molecule has 1 aromatic heterocycles. The van der Waals surface area contributed by atoms with Crippen LogP contribution in [0.2, 0.25) is 5.02 Å². The quantitative estimate of drug-likeness (QED) is 0.737. The first-order valence-electron chi connectivity index (χ1n) is 6.49. The fourth-order valence-electron chi connectivity index (χ4n) is 1.90. The molecule has 0 saturated heterocycles. The number of hydrogen-bond acceptors (Lipinski definition) is 4. The Morgan fingerprint density at radius 1 is 1.48 bits per heavy atom. The van der Waals surface area contributed by atoms with Gasteiger partial charge in [-0.15, -0.1) is 11.3 Å². The average molecular weight is 389 g/mol. The molecule has 1 aromatic carbocycles. The minimum absolute atomic E-state index is 0.294. The van der Waals surface area contributed by atoms with E-state index >= 15 is 0 Å². The Morgan fingerprint density at radius 2 is 2.29 bits per heavy atom. The third-order valence-electron chi connectivity index (χ3n) is 2.86. The predicted molar refractivity (Wildman–Crippen MR) is 89.7 cm³/mol. The highest BCUT2D eigenvalue weighted by molar-refractivity contribution is 9.10. The molecule has 112 valence electrons. The van der Waals surface area contributed by atoms with Crippen LogP contribution < -0.4 is 5.32 Å². The monoisotopic (exact) mass is 387 g/mol. The third-order valence-corrected chi connectivity index (χ3v) is 4.65. The van der Waals surface area contributed by atoms with E-state index in [2.05, 4.69) is 21.2 Å². The van der Waals surface area contributed by atoms with Gasteiger partial charge >= 0.3 is 5.97 Å². The first kappa shape index (κ1) is 16.5. The van der Waals surface area contributed by atoms with E-state index in [1.54, 1.807) is 30.4 Å². The van der Waals surface area contributed by atoms with Crippen molar-refractivity contribution in [2.24, 2.45) is 0 Å². The lowest BCUT2D eigenvalue weighted by Gasteiger charge is -2.18. The Morgan fingerprint density at radius 3 is 2.90 bits per heavy atom. The maximum Gasteiger partial charge on any atom is 0.327 e. The van der Waals surface area contributed by atoms with Gasteiger partial charge in [-0.3, -0.25) is 5.32 Å². The van der Waals surface area contributed by atoms with Crippen molar-refractivity contribution in [1.29, 1.82) is 0 Å². The zero-order valence-corrected chi connectivity index (χ0v) is 14.6. The number of benzene rings is 1. The molecule has 1 unspecified atom stereocenters. The molecule has 1 atom stereocenters. The minimum atomic E-state index is -0.529. The fraction of sp³-hybridized carbons (Fsp3) is 0.267. The number of halogens is 2. The second-order valence-electron chi connectivity index (χ2n) is 4.31. The van der Waals surface area contributed by atoms with E-state index in [1.165, 1.54) is 0 Å². The van der Waals surface area contributed by atoms with E-state index < -0.39 is 6.04 Å². The maximum absolute atomic E-state index is 12.2. The molecular formula is C15H15BrClNO2S. The van der Waals surface area contributed by atoms with Gasteiger partial charge in [-0.05, 0) is 36.1 Å². The molecule has 3 nitrogen and oxygen atoms in total. The van der Waals surface area contributed by atoms with Crippen LogP contribution in [-0.4, -0.2) is 12.6 Å². The number of rotatable bonds is 6.